The first-order valence-electron chi connectivity index (χ1n) is 7.43. The van der Waals surface area contributed by atoms with Crippen molar-refractivity contribution in [3.8, 4) is 0 Å². The van der Waals surface area contributed by atoms with Crippen LogP contribution in [-0.4, -0.2) is 47.1 Å². The summed E-state index contributed by atoms with van der Waals surface area (Å²) in [5, 5.41) is 6.39. The molecule has 1 aliphatic heterocycles. The van der Waals surface area contributed by atoms with Crippen molar-refractivity contribution in [2.24, 2.45) is 0 Å². The van der Waals surface area contributed by atoms with Gasteiger partial charge in [-0.05, 0) is 60.4 Å². The van der Waals surface area contributed by atoms with Crippen molar-refractivity contribution in [1.29, 1.82) is 0 Å². The van der Waals surface area contributed by atoms with Crippen molar-refractivity contribution in [2.75, 3.05) is 27.2 Å². The van der Waals surface area contributed by atoms with Gasteiger partial charge in [-0.1, -0.05) is 6.07 Å². The van der Waals surface area contributed by atoms with Crippen LogP contribution in [0.1, 0.15) is 22.7 Å². The fourth-order valence-electron chi connectivity index (χ4n) is 2.75. The van der Waals surface area contributed by atoms with E-state index in [0.29, 0.717) is 0 Å². The van der Waals surface area contributed by atoms with Crippen LogP contribution in [0.5, 0.6) is 0 Å². The fraction of sp³-hybridized carbons (Fsp3) is 0.375. The third kappa shape index (κ3) is 3.74. The van der Waals surface area contributed by atoms with E-state index in [-0.39, 0.29) is 12.1 Å². The number of halogens is 1. The maximum atomic E-state index is 5.61. The highest BCUT2D eigenvalue weighted by Crippen LogP contribution is 2.41. The summed E-state index contributed by atoms with van der Waals surface area (Å²) >= 11 is 10.9. The van der Waals surface area contributed by atoms with Gasteiger partial charge in [-0.25, -0.2) is 0 Å². The molecule has 0 aliphatic carbocycles. The third-order valence-corrected chi connectivity index (χ3v) is 5.98. The van der Waals surface area contributed by atoms with Crippen LogP contribution in [0.15, 0.2) is 40.3 Å². The molecular formula is C16H19BrN4S2. The largest absolute Gasteiger partial charge is 0.352 e. The van der Waals surface area contributed by atoms with Gasteiger partial charge < -0.3 is 15.1 Å². The Labute approximate surface area is 154 Å². The summed E-state index contributed by atoms with van der Waals surface area (Å²) in [7, 11) is 4.17. The van der Waals surface area contributed by atoms with E-state index in [4.69, 9.17) is 12.2 Å². The maximum Gasteiger partial charge on any atom is 0.170 e. The molecule has 0 radical (unpaired) electrons. The maximum absolute atomic E-state index is 5.61. The minimum atomic E-state index is 0.0800. The average Bonchev–Trinajstić information content (AvgIpc) is 3.09. The number of pyridine rings is 1. The van der Waals surface area contributed by atoms with Crippen molar-refractivity contribution in [3.05, 3.63) is 50.9 Å². The Morgan fingerprint density at radius 3 is 2.87 bits per heavy atom. The average molecular weight is 411 g/mol. The normalized spacial score (nSPS) is 21.0. The molecule has 4 nitrogen and oxygen atoms in total. The van der Waals surface area contributed by atoms with Gasteiger partial charge in [-0.15, -0.1) is 11.3 Å². The quantitative estimate of drug-likeness (QED) is 0.762. The van der Waals surface area contributed by atoms with E-state index in [0.717, 1.165) is 28.4 Å². The Kier molecular flexibility index (Phi) is 5.31. The lowest BCUT2D eigenvalue weighted by atomic mass is 10.0. The van der Waals surface area contributed by atoms with Crippen molar-refractivity contribution in [1.82, 2.24) is 20.1 Å². The molecule has 2 aromatic rings. The number of likely N-dealkylation sites (N-methyl/N-ethyl adjacent to an activating group) is 1. The summed E-state index contributed by atoms with van der Waals surface area (Å²) in [6.45, 7) is 1.85. The summed E-state index contributed by atoms with van der Waals surface area (Å²) in [6.07, 6.45) is 1.84. The number of thiocarbonyl (C=S) groups is 1. The Bertz CT molecular complexity index is 674. The molecular weight excluding hydrogens is 392 g/mol. The molecule has 2 atom stereocenters. The molecule has 0 spiro atoms. The standard InChI is InChI=1S/C16H19BrN4S2/c1-20(2)7-8-21-15(13-9-11(17)10-23-13)14(19-16(21)22)12-5-3-4-6-18-12/h3-6,9-10,14-15H,7-8H2,1-2H3,(H,19,22)/t14-,15-/m0/s1. The summed E-state index contributed by atoms with van der Waals surface area (Å²) < 4.78 is 1.11. The van der Waals surface area contributed by atoms with Gasteiger partial charge in [0.25, 0.3) is 0 Å². The van der Waals surface area contributed by atoms with Crippen molar-refractivity contribution in [2.45, 2.75) is 12.1 Å². The zero-order valence-electron chi connectivity index (χ0n) is 13.1. The second-order valence-electron chi connectivity index (χ2n) is 5.79. The van der Waals surface area contributed by atoms with Crippen molar-refractivity contribution < 1.29 is 0 Å². The van der Waals surface area contributed by atoms with E-state index in [2.05, 4.69) is 67.6 Å². The van der Waals surface area contributed by atoms with Crippen molar-refractivity contribution >= 4 is 44.6 Å². The van der Waals surface area contributed by atoms with Crippen LogP contribution >= 0.6 is 39.5 Å². The molecule has 0 saturated carbocycles. The van der Waals surface area contributed by atoms with Gasteiger partial charge >= 0.3 is 0 Å². The molecule has 3 rings (SSSR count). The van der Waals surface area contributed by atoms with Crippen LogP contribution in [0.4, 0.5) is 0 Å². The first-order chi connectivity index (χ1) is 11.1. The van der Waals surface area contributed by atoms with Gasteiger partial charge in [0.1, 0.15) is 0 Å². The predicted molar refractivity (Wildman–Crippen MR) is 103 cm³/mol. The minimum Gasteiger partial charge on any atom is -0.352 e. The summed E-state index contributed by atoms with van der Waals surface area (Å²) in [4.78, 5) is 10.3. The highest BCUT2D eigenvalue weighted by atomic mass is 79.9. The predicted octanol–water partition coefficient (Wildman–Crippen LogP) is 3.44. The van der Waals surface area contributed by atoms with Gasteiger partial charge in [0.15, 0.2) is 5.11 Å². The Hall–Kier alpha value is -1.02. The van der Waals surface area contributed by atoms with E-state index in [1.807, 2.05) is 18.3 Å². The van der Waals surface area contributed by atoms with Crippen LogP contribution in [0.2, 0.25) is 0 Å². The van der Waals surface area contributed by atoms with E-state index < -0.39 is 0 Å². The molecule has 1 aliphatic rings. The molecule has 122 valence electrons. The SMILES string of the molecule is CN(C)CCN1C(=S)N[C@@H](c2ccccn2)[C@@H]1c1cc(Br)cs1. The topological polar surface area (TPSA) is 31.4 Å². The fourth-order valence-corrected chi connectivity index (χ4v) is 4.67. The Balaban J connectivity index is 1.94. The zero-order valence-corrected chi connectivity index (χ0v) is 16.3. The first-order valence-corrected chi connectivity index (χ1v) is 9.51. The molecule has 0 aromatic carbocycles. The minimum absolute atomic E-state index is 0.0800. The molecule has 23 heavy (non-hydrogen) atoms. The molecule has 1 N–H and O–H groups in total. The zero-order chi connectivity index (χ0) is 16.4. The smallest absolute Gasteiger partial charge is 0.170 e. The lowest BCUT2D eigenvalue weighted by molar-refractivity contribution is 0.280. The molecule has 7 heteroatoms. The third-order valence-electron chi connectivity index (χ3n) is 3.87. The van der Waals surface area contributed by atoms with E-state index >= 15 is 0 Å². The summed E-state index contributed by atoms with van der Waals surface area (Å²) in [5.41, 5.74) is 1.02. The number of hydrogen-bond donors (Lipinski definition) is 1. The van der Waals surface area contributed by atoms with Crippen LogP contribution in [-0.2, 0) is 0 Å². The van der Waals surface area contributed by atoms with Gasteiger partial charge in [0, 0.05) is 34.0 Å². The van der Waals surface area contributed by atoms with Crippen molar-refractivity contribution in [3.63, 3.8) is 0 Å². The second-order valence-corrected chi connectivity index (χ2v) is 8.04. The highest BCUT2D eigenvalue weighted by molar-refractivity contribution is 9.10. The van der Waals surface area contributed by atoms with Gasteiger partial charge in [0.05, 0.1) is 17.8 Å². The molecule has 0 bridgehead atoms. The number of nitrogens with one attached hydrogen (secondary N) is 1. The molecule has 1 fully saturated rings. The monoisotopic (exact) mass is 410 g/mol. The lowest BCUT2D eigenvalue weighted by Crippen LogP contribution is -2.35. The molecule has 1 saturated heterocycles. The number of aromatic nitrogens is 1. The Morgan fingerprint density at radius 1 is 1.43 bits per heavy atom. The molecule has 2 aromatic heterocycles. The van der Waals surface area contributed by atoms with Crippen LogP contribution in [0.25, 0.3) is 0 Å². The molecule has 0 amide bonds. The van der Waals surface area contributed by atoms with E-state index in [1.54, 1.807) is 11.3 Å². The number of thiophene rings is 1. The molecule has 3 heterocycles. The van der Waals surface area contributed by atoms with Crippen LogP contribution in [0.3, 0.4) is 0 Å². The van der Waals surface area contributed by atoms with E-state index in [1.165, 1.54) is 4.88 Å². The van der Waals surface area contributed by atoms with E-state index in [9.17, 15) is 0 Å². The van der Waals surface area contributed by atoms with Crippen LogP contribution < -0.4 is 5.32 Å². The van der Waals surface area contributed by atoms with Gasteiger partial charge in [-0.2, -0.15) is 0 Å². The lowest BCUT2D eigenvalue weighted by Gasteiger charge is -2.27. The Morgan fingerprint density at radius 2 is 2.26 bits per heavy atom. The number of rotatable bonds is 5. The summed E-state index contributed by atoms with van der Waals surface area (Å²) in [5.74, 6) is 0. The number of hydrogen-bond acceptors (Lipinski definition) is 4. The second kappa shape index (κ2) is 7.25. The van der Waals surface area contributed by atoms with Gasteiger partial charge in [-0.3, -0.25) is 4.98 Å². The highest BCUT2D eigenvalue weighted by Gasteiger charge is 2.40. The van der Waals surface area contributed by atoms with Crippen LogP contribution in [0, 0.1) is 0 Å². The first kappa shape index (κ1) is 16.8. The summed E-state index contributed by atoms with van der Waals surface area (Å²) in [6, 6.07) is 8.47. The van der Waals surface area contributed by atoms with Gasteiger partial charge in [0.2, 0.25) is 0 Å². The number of nitrogens with zero attached hydrogens (tertiary/aromatic N) is 3. The molecule has 0 unspecified atom stereocenters.